The van der Waals surface area contributed by atoms with Crippen LogP contribution in [0, 0.1) is 5.82 Å². The molecule has 1 rings (SSSR count). The van der Waals surface area contributed by atoms with Crippen LogP contribution >= 0.6 is 12.4 Å². The summed E-state index contributed by atoms with van der Waals surface area (Å²) >= 11 is 0. The number of carboxylic acids is 1. The normalized spacial score (nSPS) is 11.3. The third-order valence-electron chi connectivity index (χ3n) is 1.67. The standard InChI is InChI=1S/C10H6F4O2.ClH/c11-8-4-6(1-2-9(15)16)3-7(5-8)10(12,13)14;/h1-5H,(H,15,16);1H. The molecule has 1 N–H and O–H groups in total. The molecular formula is C10H7ClF4O2. The summed E-state index contributed by atoms with van der Waals surface area (Å²) in [6.45, 7) is 0. The third kappa shape index (κ3) is 4.86. The van der Waals surface area contributed by atoms with Crippen LogP contribution in [0.4, 0.5) is 17.6 Å². The molecular weight excluding hydrogens is 264 g/mol. The van der Waals surface area contributed by atoms with Gasteiger partial charge in [0.15, 0.2) is 0 Å². The van der Waals surface area contributed by atoms with Crippen molar-refractivity contribution in [2.24, 2.45) is 0 Å². The Labute approximate surface area is 100.0 Å². The van der Waals surface area contributed by atoms with Crippen molar-refractivity contribution < 1.29 is 27.5 Å². The maximum atomic E-state index is 12.8. The van der Waals surface area contributed by atoms with Crippen molar-refractivity contribution >= 4 is 24.5 Å². The van der Waals surface area contributed by atoms with Gasteiger partial charge in [0, 0.05) is 6.08 Å². The molecule has 0 unspecified atom stereocenters. The van der Waals surface area contributed by atoms with E-state index in [1.807, 2.05) is 0 Å². The van der Waals surface area contributed by atoms with Crippen LogP contribution in [0.3, 0.4) is 0 Å². The SMILES string of the molecule is Cl.O=C(O)C=Cc1cc(F)cc(C(F)(F)F)c1. The van der Waals surface area contributed by atoms with Crippen LogP contribution in [0.1, 0.15) is 11.1 Å². The third-order valence-corrected chi connectivity index (χ3v) is 1.67. The first-order valence-corrected chi connectivity index (χ1v) is 4.08. The van der Waals surface area contributed by atoms with E-state index in [9.17, 15) is 22.4 Å². The second-order valence-corrected chi connectivity index (χ2v) is 2.94. The Morgan fingerprint density at radius 1 is 1.24 bits per heavy atom. The van der Waals surface area contributed by atoms with Gasteiger partial charge in [-0.25, -0.2) is 9.18 Å². The van der Waals surface area contributed by atoms with E-state index in [0.717, 1.165) is 12.1 Å². The summed E-state index contributed by atoms with van der Waals surface area (Å²) in [5, 5.41) is 8.27. The molecule has 0 amide bonds. The fourth-order valence-corrected chi connectivity index (χ4v) is 1.04. The number of hydrogen-bond acceptors (Lipinski definition) is 1. The molecule has 0 bridgehead atoms. The van der Waals surface area contributed by atoms with Gasteiger partial charge in [-0.1, -0.05) is 0 Å². The minimum atomic E-state index is -4.66. The molecule has 0 spiro atoms. The lowest BCUT2D eigenvalue weighted by molar-refractivity contribution is -0.137. The van der Waals surface area contributed by atoms with E-state index in [2.05, 4.69) is 0 Å². The van der Waals surface area contributed by atoms with Crippen molar-refractivity contribution in [1.82, 2.24) is 0 Å². The average Bonchev–Trinajstić information content (AvgIpc) is 2.12. The number of hydrogen-bond donors (Lipinski definition) is 1. The van der Waals surface area contributed by atoms with Gasteiger partial charge in [0.1, 0.15) is 5.82 Å². The van der Waals surface area contributed by atoms with Crippen molar-refractivity contribution in [2.45, 2.75) is 6.18 Å². The minimum Gasteiger partial charge on any atom is -0.478 e. The molecule has 0 aromatic heterocycles. The Hall–Kier alpha value is -1.56. The van der Waals surface area contributed by atoms with Crippen LogP contribution in [0.2, 0.25) is 0 Å². The highest BCUT2D eigenvalue weighted by Gasteiger charge is 2.31. The monoisotopic (exact) mass is 270 g/mol. The molecule has 1 aromatic carbocycles. The number of carbonyl (C=O) groups is 1. The summed E-state index contributed by atoms with van der Waals surface area (Å²) in [5.41, 5.74) is -1.31. The van der Waals surface area contributed by atoms with E-state index in [4.69, 9.17) is 5.11 Å². The highest BCUT2D eigenvalue weighted by Crippen LogP contribution is 2.30. The molecule has 2 nitrogen and oxygen atoms in total. The van der Waals surface area contributed by atoms with E-state index in [1.165, 1.54) is 0 Å². The predicted molar refractivity (Wildman–Crippen MR) is 55.3 cm³/mol. The molecule has 17 heavy (non-hydrogen) atoms. The smallest absolute Gasteiger partial charge is 0.416 e. The highest BCUT2D eigenvalue weighted by atomic mass is 35.5. The number of benzene rings is 1. The van der Waals surface area contributed by atoms with Crippen molar-refractivity contribution in [3.8, 4) is 0 Å². The van der Waals surface area contributed by atoms with Crippen molar-refractivity contribution in [3.63, 3.8) is 0 Å². The van der Waals surface area contributed by atoms with Crippen molar-refractivity contribution in [1.29, 1.82) is 0 Å². The fourth-order valence-electron chi connectivity index (χ4n) is 1.04. The maximum absolute atomic E-state index is 12.8. The minimum absolute atomic E-state index is 0. The molecule has 0 fully saturated rings. The summed E-state index contributed by atoms with van der Waals surface area (Å²) in [5.74, 6) is -2.39. The molecule has 0 saturated heterocycles. The summed E-state index contributed by atoms with van der Waals surface area (Å²) in [6, 6.07) is 1.83. The summed E-state index contributed by atoms with van der Waals surface area (Å²) < 4.78 is 49.5. The van der Waals surface area contributed by atoms with E-state index >= 15 is 0 Å². The first kappa shape index (κ1) is 15.4. The zero-order valence-corrected chi connectivity index (χ0v) is 8.98. The number of rotatable bonds is 2. The van der Waals surface area contributed by atoms with Gasteiger partial charge >= 0.3 is 12.1 Å². The molecule has 1 aromatic rings. The fraction of sp³-hybridized carbons (Fsp3) is 0.100. The Bertz CT molecular complexity index is 440. The second kappa shape index (κ2) is 5.67. The molecule has 0 aliphatic heterocycles. The summed E-state index contributed by atoms with van der Waals surface area (Å²) in [6.07, 6.45) is -3.14. The predicted octanol–water partition coefficient (Wildman–Crippen LogP) is 3.36. The van der Waals surface area contributed by atoms with Gasteiger partial charge in [0.2, 0.25) is 0 Å². The molecule has 94 valence electrons. The zero-order valence-electron chi connectivity index (χ0n) is 8.16. The van der Waals surface area contributed by atoms with Crippen LogP contribution in [0.15, 0.2) is 24.3 Å². The zero-order chi connectivity index (χ0) is 12.3. The van der Waals surface area contributed by atoms with Crippen LogP contribution in [-0.2, 0) is 11.0 Å². The van der Waals surface area contributed by atoms with E-state index in [0.29, 0.717) is 18.2 Å². The molecule has 0 aliphatic carbocycles. The average molecular weight is 271 g/mol. The lowest BCUT2D eigenvalue weighted by Crippen LogP contribution is -2.05. The van der Waals surface area contributed by atoms with Crippen LogP contribution in [0.5, 0.6) is 0 Å². The van der Waals surface area contributed by atoms with Gasteiger partial charge < -0.3 is 5.11 Å². The molecule has 7 heteroatoms. The maximum Gasteiger partial charge on any atom is 0.416 e. The van der Waals surface area contributed by atoms with Crippen molar-refractivity contribution in [2.75, 3.05) is 0 Å². The quantitative estimate of drug-likeness (QED) is 0.661. The van der Waals surface area contributed by atoms with E-state index in [1.54, 1.807) is 0 Å². The molecule has 0 radical (unpaired) electrons. The van der Waals surface area contributed by atoms with E-state index in [-0.39, 0.29) is 18.0 Å². The summed E-state index contributed by atoms with van der Waals surface area (Å²) in [4.78, 5) is 10.1. The van der Waals surface area contributed by atoms with Gasteiger partial charge in [-0.3, -0.25) is 0 Å². The number of aliphatic carboxylic acids is 1. The largest absolute Gasteiger partial charge is 0.478 e. The lowest BCUT2D eigenvalue weighted by atomic mass is 10.1. The second-order valence-electron chi connectivity index (χ2n) is 2.94. The van der Waals surface area contributed by atoms with Crippen molar-refractivity contribution in [3.05, 3.63) is 41.2 Å². The Morgan fingerprint density at radius 3 is 2.29 bits per heavy atom. The Kier molecular flexibility index (Phi) is 5.15. The number of carboxylic acid groups (broad SMARTS) is 1. The first-order chi connectivity index (χ1) is 7.29. The first-order valence-electron chi connectivity index (χ1n) is 4.08. The van der Waals surface area contributed by atoms with E-state index < -0.39 is 23.5 Å². The topological polar surface area (TPSA) is 37.3 Å². The Morgan fingerprint density at radius 2 is 1.82 bits per heavy atom. The number of alkyl halides is 3. The molecule has 0 atom stereocenters. The highest BCUT2D eigenvalue weighted by molar-refractivity contribution is 5.85. The Balaban J connectivity index is 0.00000256. The van der Waals surface area contributed by atoms with Crippen LogP contribution in [0.25, 0.3) is 6.08 Å². The van der Waals surface area contributed by atoms with Gasteiger partial charge in [-0.05, 0) is 29.8 Å². The van der Waals surface area contributed by atoms with Crippen LogP contribution < -0.4 is 0 Å². The van der Waals surface area contributed by atoms with Crippen LogP contribution in [-0.4, -0.2) is 11.1 Å². The number of halogens is 5. The molecule has 0 heterocycles. The van der Waals surface area contributed by atoms with Gasteiger partial charge in [-0.15, -0.1) is 12.4 Å². The van der Waals surface area contributed by atoms with Gasteiger partial charge in [0.05, 0.1) is 5.56 Å². The van der Waals surface area contributed by atoms with Gasteiger partial charge in [-0.2, -0.15) is 13.2 Å². The molecule has 0 saturated carbocycles. The summed E-state index contributed by atoms with van der Waals surface area (Å²) in [7, 11) is 0. The van der Waals surface area contributed by atoms with Gasteiger partial charge in [0.25, 0.3) is 0 Å². The molecule has 0 aliphatic rings. The lowest BCUT2D eigenvalue weighted by Gasteiger charge is -2.07.